The summed E-state index contributed by atoms with van der Waals surface area (Å²) >= 11 is 0. The van der Waals surface area contributed by atoms with Gasteiger partial charge in [0.15, 0.2) is 0 Å². The summed E-state index contributed by atoms with van der Waals surface area (Å²) in [7, 11) is 1.61. The molecule has 1 saturated heterocycles. The molecule has 0 unspecified atom stereocenters. The van der Waals surface area contributed by atoms with Crippen molar-refractivity contribution in [1.29, 1.82) is 0 Å². The van der Waals surface area contributed by atoms with Gasteiger partial charge in [-0.25, -0.2) is 0 Å². The smallest absolute Gasteiger partial charge is 0.255 e. The zero-order valence-electron chi connectivity index (χ0n) is 14.7. The summed E-state index contributed by atoms with van der Waals surface area (Å²) in [5.41, 5.74) is 0.728. The molecule has 1 aromatic heterocycles. The van der Waals surface area contributed by atoms with Crippen molar-refractivity contribution in [3.05, 3.63) is 29.6 Å². The third-order valence-corrected chi connectivity index (χ3v) is 4.07. The van der Waals surface area contributed by atoms with Gasteiger partial charge in [0, 0.05) is 65.8 Å². The Hall–Kier alpha value is -2.48. The summed E-state index contributed by atoms with van der Waals surface area (Å²) in [5, 5.41) is 2.77. The Balaban J connectivity index is 1.95. The first-order valence-electron chi connectivity index (χ1n) is 8.30. The molecule has 0 aliphatic carbocycles. The van der Waals surface area contributed by atoms with E-state index in [4.69, 9.17) is 4.74 Å². The molecule has 3 amide bonds. The van der Waals surface area contributed by atoms with Gasteiger partial charge in [-0.1, -0.05) is 0 Å². The van der Waals surface area contributed by atoms with Gasteiger partial charge in [0.2, 0.25) is 5.91 Å². The van der Waals surface area contributed by atoms with Crippen LogP contribution in [-0.4, -0.2) is 78.9 Å². The molecule has 2 heterocycles. The van der Waals surface area contributed by atoms with Crippen molar-refractivity contribution >= 4 is 17.7 Å². The Morgan fingerprint density at radius 3 is 2.40 bits per heavy atom. The molecule has 1 fully saturated rings. The Bertz CT molecular complexity index is 627. The number of hydrogen-bond donors (Lipinski definition) is 1. The van der Waals surface area contributed by atoms with Crippen molar-refractivity contribution in [2.24, 2.45) is 0 Å². The topological polar surface area (TPSA) is 91.8 Å². The minimum atomic E-state index is -0.264. The molecule has 0 saturated carbocycles. The monoisotopic (exact) mass is 348 g/mol. The Kier molecular flexibility index (Phi) is 6.88. The zero-order chi connectivity index (χ0) is 18.2. The lowest BCUT2D eigenvalue weighted by Crippen LogP contribution is -2.50. The molecule has 0 aromatic carbocycles. The van der Waals surface area contributed by atoms with Crippen molar-refractivity contribution in [1.82, 2.24) is 20.1 Å². The Morgan fingerprint density at radius 1 is 1.12 bits per heavy atom. The van der Waals surface area contributed by atoms with E-state index in [0.717, 1.165) is 0 Å². The predicted molar refractivity (Wildman–Crippen MR) is 91.2 cm³/mol. The third-order valence-electron chi connectivity index (χ3n) is 4.07. The minimum absolute atomic E-state index is 0.0147. The highest BCUT2D eigenvalue weighted by molar-refractivity contribution is 5.99. The lowest BCUT2D eigenvalue weighted by atomic mass is 10.1. The number of amides is 3. The minimum Gasteiger partial charge on any atom is -0.385 e. The Labute approximate surface area is 147 Å². The van der Waals surface area contributed by atoms with Crippen LogP contribution in [0.1, 0.15) is 34.1 Å². The van der Waals surface area contributed by atoms with Crippen LogP contribution in [-0.2, 0) is 9.53 Å². The molecule has 0 radical (unpaired) electrons. The van der Waals surface area contributed by atoms with Gasteiger partial charge >= 0.3 is 0 Å². The average molecular weight is 348 g/mol. The standard InChI is InChI=1S/C17H24N4O4/c1-13(22)20-5-7-21(8-6-20)17(24)15-10-14(11-18-12-15)16(23)19-4-3-9-25-2/h10-12H,3-9H2,1-2H3,(H,19,23). The van der Waals surface area contributed by atoms with Gasteiger partial charge in [0.25, 0.3) is 11.8 Å². The molecule has 0 bridgehead atoms. The quantitative estimate of drug-likeness (QED) is 0.739. The molecule has 0 spiro atoms. The van der Waals surface area contributed by atoms with Crippen LogP contribution in [0.4, 0.5) is 0 Å². The second-order valence-corrected chi connectivity index (χ2v) is 5.86. The molecular weight excluding hydrogens is 324 g/mol. The van der Waals surface area contributed by atoms with E-state index >= 15 is 0 Å². The van der Waals surface area contributed by atoms with Gasteiger partial charge in [-0.2, -0.15) is 0 Å². The van der Waals surface area contributed by atoms with Crippen molar-refractivity contribution in [3.63, 3.8) is 0 Å². The van der Waals surface area contributed by atoms with E-state index in [1.165, 1.54) is 19.3 Å². The van der Waals surface area contributed by atoms with Gasteiger partial charge in [-0.15, -0.1) is 0 Å². The van der Waals surface area contributed by atoms with Crippen molar-refractivity contribution < 1.29 is 19.1 Å². The van der Waals surface area contributed by atoms with Gasteiger partial charge in [0.05, 0.1) is 11.1 Å². The van der Waals surface area contributed by atoms with Crippen LogP contribution >= 0.6 is 0 Å². The normalized spacial score (nSPS) is 14.3. The number of carbonyl (C=O) groups is 3. The molecule has 1 aliphatic rings. The summed E-state index contributed by atoms with van der Waals surface area (Å²) in [6, 6.07) is 1.55. The molecule has 2 rings (SSSR count). The molecule has 1 aliphatic heterocycles. The molecule has 25 heavy (non-hydrogen) atoms. The Morgan fingerprint density at radius 2 is 1.76 bits per heavy atom. The summed E-state index contributed by atoms with van der Waals surface area (Å²) < 4.78 is 4.93. The number of ether oxygens (including phenoxy) is 1. The van der Waals surface area contributed by atoms with Crippen LogP contribution in [0.5, 0.6) is 0 Å². The lowest BCUT2D eigenvalue weighted by molar-refractivity contribution is -0.130. The van der Waals surface area contributed by atoms with Gasteiger partial charge in [-0.05, 0) is 12.5 Å². The zero-order valence-corrected chi connectivity index (χ0v) is 14.7. The summed E-state index contributed by atoms with van der Waals surface area (Å²) in [5.74, 6) is -0.426. The first kappa shape index (κ1) is 18.9. The fourth-order valence-corrected chi connectivity index (χ4v) is 2.61. The van der Waals surface area contributed by atoms with Crippen LogP contribution < -0.4 is 5.32 Å². The van der Waals surface area contributed by atoms with E-state index in [1.807, 2.05) is 0 Å². The van der Waals surface area contributed by atoms with Crippen LogP contribution in [0, 0.1) is 0 Å². The van der Waals surface area contributed by atoms with E-state index in [9.17, 15) is 14.4 Å². The molecule has 136 valence electrons. The van der Waals surface area contributed by atoms with E-state index < -0.39 is 0 Å². The number of nitrogens with one attached hydrogen (secondary N) is 1. The van der Waals surface area contributed by atoms with E-state index in [2.05, 4.69) is 10.3 Å². The second-order valence-electron chi connectivity index (χ2n) is 5.86. The largest absolute Gasteiger partial charge is 0.385 e. The highest BCUT2D eigenvalue weighted by Gasteiger charge is 2.24. The summed E-state index contributed by atoms with van der Waals surface area (Å²) in [4.78, 5) is 43.5. The molecule has 8 nitrogen and oxygen atoms in total. The van der Waals surface area contributed by atoms with Crippen LogP contribution in [0.25, 0.3) is 0 Å². The first-order valence-corrected chi connectivity index (χ1v) is 8.30. The second kappa shape index (κ2) is 9.12. The SMILES string of the molecule is COCCCNC(=O)c1cncc(C(=O)N2CCN(C(C)=O)CC2)c1. The summed E-state index contributed by atoms with van der Waals surface area (Å²) in [6.45, 7) is 4.59. The maximum atomic E-state index is 12.6. The molecule has 8 heteroatoms. The number of hydrogen-bond acceptors (Lipinski definition) is 5. The predicted octanol–water partition coefficient (Wildman–Crippen LogP) is 0.152. The maximum absolute atomic E-state index is 12.6. The molecular formula is C17H24N4O4. The number of rotatable bonds is 6. The van der Waals surface area contributed by atoms with E-state index in [-0.39, 0.29) is 17.7 Å². The van der Waals surface area contributed by atoms with Crippen LogP contribution in [0.3, 0.4) is 0 Å². The average Bonchev–Trinajstić information content (AvgIpc) is 2.64. The number of carbonyl (C=O) groups excluding carboxylic acids is 3. The van der Waals surface area contributed by atoms with Crippen molar-refractivity contribution in [3.8, 4) is 0 Å². The third kappa shape index (κ3) is 5.25. The number of pyridine rings is 1. The highest BCUT2D eigenvalue weighted by atomic mass is 16.5. The molecule has 1 aromatic rings. The van der Waals surface area contributed by atoms with Crippen molar-refractivity contribution in [2.45, 2.75) is 13.3 Å². The number of methoxy groups -OCH3 is 1. The number of aromatic nitrogens is 1. The van der Waals surface area contributed by atoms with E-state index in [1.54, 1.807) is 23.0 Å². The highest BCUT2D eigenvalue weighted by Crippen LogP contribution is 2.10. The van der Waals surface area contributed by atoms with Crippen LogP contribution in [0.15, 0.2) is 18.5 Å². The lowest BCUT2D eigenvalue weighted by Gasteiger charge is -2.34. The maximum Gasteiger partial charge on any atom is 0.255 e. The molecule has 1 N–H and O–H groups in total. The van der Waals surface area contributed by atoms with Gasteiger partial charge in [0.1, 0.15) is 0 Å². The van der Waals surface area contributed by atoms with Gasteiger partial charge < -0.3 is 19.9 Å². The number of piperazine rings is 1. The summed E-state index contributed by atoms with van der Waals surface area (Å²) in [6.07, 6.45) is 3.62. The van der Waals surface area contributed by atoms with Gasteiger partial charge in [-0.3, -0.25) is 19.4 Å². The van der Waals surface area contributed by atoms with E-state index in [0.29, 0.717) is 56.9 Å². The fraction of sp³-hybridized carbons (Fsp3) is 0.529. The fourth-order valence-electron chi connectivity index (χ4n) is 2.61. The molecule has 0 atom stereocenters. The van der Waals surface area contributed by atoms with Crippen molar-refractivity contribution in [2.75, 3.05) is 46.4 Å². The number of nitrogens with zero attached hydrogens (tertiary/aromatic N) is 3. The van der Waals surface area contributed by atoms with Crippen LogP contribution in [0.2, 0.25) is 0 Å². The first-order chi connectivity index (χ1) is 12.0.